The summed E-state index contributed by atoms with van der Waals surface area (Å²) in [5.74, 6) is -0.463. The van der Waals surface area contributed by atoms with Crippen LogP contribution in [-0.2, 0) is 12.7 Å². The third kappa shape index (κ3) is 3.67. The van der Waals surface area contributed by atoms with Gasteiger partial charge in [-0.2, -0.15) is 18.4 Å². The molecule has 0 fully saturated rings. The zero-order chi connectivity index (χ0) is 18.7. The molecule has 3 rings (SSSR count). The van der Waals surface area contributed by atoms with Gasteiger partial charge in [-0.15, -0.1) is 0 Å². The van der Waals surface area contributed by atoms with Crippen molar-refractivity contribution in [3.05, 3.63) is 77.6 Å². The van der Waals surface area contributed by atoms with E-state index >= 15 is 0 Å². The van der Waals surface area contributed by atoms with Crippen LogP contribution in [-0.4, -0.2) is 9.55 Å². The van der Waals surface area contributed by atoms with Gasteiger partial charge in [0.2, 0.25) is 0 Å². The average Bonchev–Trinajstić information content (AvgIpc) is 3.13. The molecule has 0 saturated carbocycles. The number of anilines is 1. The van der Waals surface area contributed by atoms with Crippen molar-refractivity contribution in [2.24, 2.45) is 0 Å². The fourth-order valence-corrected chi connectivity index (χ4v) is 2.44. The molecule has 0 radical (unpaired) electrons. The maximum atomic E-state index is 14.2. The molecule has 8 heteroatoms. The molecule has 0 bridgehead atoms. The molecule has 0 aliphatic rings. The Balaban J connectivity index is 1.77. The van der Waals surface area contributed by atoms with E-state index in [9.17, 15) is 17.6 Å². The highest BCUT2D eigenvalue weighted by atomic mass is 19.4. The van der Waals surface area contributed by atoms with E-state index in [2.05, 4.69) is 10.3 Å². The van der Waals surface area contributed by atoms with E-state index in [-0.39, 0.29) is 17.8 Å². The van der Waals surface area contributed by atoms with Crippen molar-refractivity contribution in [2.75, 3.05) is 5.32 Å². The van der Waals surface area contributed by atoms with E-state index in [1.165, 1.54) is 29.2 Å². The van der Waals surface area contributed by atoms with Crippen LogP contribution >= 0.6 is 0 Å². The number of aromatic nitrogens is 2. The minimum atomic E-state index is -4.52. The summed E-state index contributed by atoms with van der Waals surface area (Å²) < 4.78 is 53.9. The van der Waals surface area contributed by atoms with Crippen molar-refractivity contribution in [3.63, 3.8) is 0 Å². The van der Waals surface area contributed by atoms with Crippen LogP contribution in [0.4, 0.5) is 23.2 Å². The lowest BCUT2D eigenvalue weighted by atomic mass is 10.1. The van der Waals surface area contributed by atoms with Gasteiger partial charge >= 0.3 is 6.18 Å². The quantitative estimate of drug-likeness (QED) is 0.697. The number of nitrogens with one attached hydrogen (secondary N) is 1. The average molecular weight is 360 g/mol. The predicted molar refractivity (Wildman–Crippen MR) is 87.0 cm³/mol. The first-order valence-electron chi connectivity index (χ1n) is 7.50. The van der Waals surface area contributed by atoms with E-state index in [0.717, 1.165) is 12.1 Å². The summed E-state index contributed by atoms with van der Waals surface area (Å²) in [6, 6.07) is 9.18. The van der Waals surface area contributed by atoms with Gasteiger partial charge in [0.25, 0.3) is 0 Å². The number of halogens is 4. The Hall–Kier alpha value is -3.34. The summed E-state index contributed by atoms with van der Waals surface area (Å²) >= 11 is 0. The fraction of sp³-hybridized carbons (Fsp3) is 0.111. The number of nitrogens with zero attached hydrogens (tertiary/aromatic N) is 3. The summed E-state index contributed by atoms with van der Waals surface area (Å²) in [7, 11) is 0. The predicted octanol–water partition coefficient (Wildman–Crippen LogP) is 4.51. The lowest BCUT2D eigenvalue weighted by Crippen LogP contribution is -2.07. The minimum absolute atomic E-state index is 0.129. The van der Waals surface area contributed by atoms with E-state index in [4.69, 9.17) is 5.26 Å². The first-order valence-corrected chi connectivity index (χ1v) is 7.50. The Morgan fingerprint density at radius 1 is 1.15 bits per heavy atom. The molecule has 0 atom stereocenters. The SMILES string of the molecule is N#Cc1cc(C(F)(F)F)ccc1NCc1ccc(-n2ccnc2)c(F)c1. The molecule has 0 amide bonds. The molecule has 1 aromatic heterocycles. The zero-order valence-corrected chi connectivity index (χ0v) is 13.3. The smallest absolute Gasteiger partial charge is 0.380 e. The van der Waals surface area contributed by atoms with Crippen molar-refractivity contribution in [1.82, 2.24) is 9.55 Å². The van der Waals surface area contributed by atoms with Crippen LogP contribution in [0.1, 0.15) is 16.7 Å². The van der Waals surface area contributed by atoms with E-state index in [0.29, 0.717) is 11.3 Å². The second kappa shape index (κ2) is 6.88. The van der Waals surface area contributed by atoms with Crippen molar-refractivity contribution in [3.8, 4) is 11.8 Å². The van der Waals surface area contributed by atoms with Gasteiger partial charge in [0, 0.05) is 18.9 Å². The molecular formula is C18H12F4N4. The number of rotatable bonds is 4. The normalized spacial score (nSPS) is 11.2. The van der Waals surface area contributed by atoms with Gasteiger partial charge in [0.15, 0.2) is 0 Å². The molecule has 0 unspecified atom stereocenters. The first kappa shape index (κ1) is 17.5. The maximum Gasteiger partial charge on any atom is 0.416 e. The molecule has 0 spiro atoms. The minimum Gasteiger partial charge on any atom is -0.380 e. The number of imidazole rings is 1. The van der Waals surface area contributed by atoms with Crippen LogP contribution in [0.15, 0.2) is 55.1 Å². The maximum absolute atomic E-state index is 14.2. The highest BCUT2D eigenvalue weighted by molar-refractivity contribution is 5.59. The number of benzene rings is 2. The summed E-state index contributed by atoms with van der Waals surface area (Å²) in [5.41, 5.74) is 0.138. The van der Waals surface area contributed by atoms with Gasteiger partial charge < -0.3 is 9.88 Å². The van der Waals surface area contributed by atoms with Crippen LogP contribution in [0.5, 0.6) is 0 Å². The Morgan fingerprint density at radius 2 is 1.96 bits per heavy atom. The van der Waals surface area contributed by atoms with Gasteiger partial charge in [-0.25, -0.2) is 9.37 Å². The lowest BCUT2D eigenvalue weighted by molar-refractivity contribution is -0.137. The van der Waals surface area contributed by atoms with Crippen molar-refractivity contribution < 1.29 is 17.6 Å². The Bertz CT molecular complexity index is 956. The standard InChI is InChI=1S/C18H12F4N4/c19-15-7-12(1-4-17(15)26-6-5-24-11-26)10-25-16-3-2-14(18(20,21)22)8-13(16)9-23/h1-8,11,25H,10H2. The van der Waals surface area contributed by atoms with Gasteiger partial charge in [-0.1, -0.05) is 6.07 Å². The molecule has 0 saturated heterocycles. The topological polar surface area (TPSA) is 53.6 Å². The summed E-state index contributed by atoms with van der Waals surface area (Å²) in [5, 5.41) is 11.9. The van der Waals surface area contributed by atoms with E-state index in [1.807, 2.05) is 0 Å². The Morgan fingerprint density at radius 3 is 2.58 bits per heavy atom. The number of hydrogen-bond donors (Lipinski definition) is 1. The molecule has 1 heterocycles. The lowest BCUT2D eigenvalue weighted by Gasteiger charge is -2.12. The number of alkyl halides is 3. The van der Waals surface area contributed by atoms with Gasteiger partial charge in [0.1, 0.15) is 11.9 Å². The van der Waals surface area contributed by atoms with Crippen molar-refractivity contribution in [1.29, 1.82) is 5.26 Å². The van der Waals surface area contributed by atoms with Crippen LogP contribution in [0.25, 0.3) is 5.69 Å². The molecule has 26 heavy (non-hydrogen) atoms. The first-order chi connectivity index (χ1) is 12.4. The third-order valence-electron chi connectivity index (χ3n) is 3.74. The summed E-state index contributed by atoms with van der Waals surface area (Å²) in [4.78, 5) is 3.85. The van der Waals surface area contributed by atoms with Gasteiger partial charge in [-0.05, 0) is 35.9 Å². The molecule has 3 aromatic rings. The number of nitriles is 1. The number of hydrogen-bond acceptors (Lipinski definition) is 3. The van der Waals surface area contributed by atoms with Crippen LogP contribution in [0, 0.1) is 17.1 Å². The fourth-order valence-electron chi connectivity index (χ4n) is 2.44. The second-order valence-corrected chi connectivity index (χ2v) is 5.48. The monoisotopic (exact) mass is 360 g/mol. The molecule has 132 valence electrons. The molecule has 0 aliphatic carbocycles. The second-order valence-electron chi connectivity index (χ2n) is 5.48. The molecule has 4 nitrogen and oxygen atoms in total. The molecule has 1 N–H and O–H groups in total. The third-order valence-corrected chi connectivity index (χ3v) is 3.74. The van der Waals surface area contributed by atoms with Crippen molar-refractivity contribution >= 4 is 5.69 Å². The van der Waals surface area contributed by atoms with E-state index in [1.54, 1.807) is 24.4 Å². The highest BCUT2D eigenvalue weighted by Crippen LogP contribution is 2.31. The Kier molecular flexibility index (Phi) is 4.63. The van der Waals surface area contributed by atoms with Crippen LogP contribution in [0.2, 0.25) is 0 Å². The summed E-state index contributed by atoms with van der Waals surface area (Å²) in [6.45, 7) is 0.154. The van der Waals surface area contributed by atoms with Crippen LogP contribution in [0.3, 0.4) is 0 Å². The van der Waals surface area contributed by atoms with Crippen LogP contribution < -0.4 is 5.32 Å². The largest absolute Gasteiger partial charge is 0.416 e. The molecular weight excluding hydrogens is 348 g/mol. The van der Waals surface area contributed by atoms with Gasteiger partial charge in [0.05, 0.1) is 28.8 Å². The van der Waals surface area contributed by atoms with Gasteiger partial charge in [-0.3, -0.25) is 0 Å². The molecule has 2 aromatic carbocycles. The van der Waals surface area contributed by atoms with Crippen molar-refractivity contribution in [2.45, 2.75) is 12.7 Å². The highest BCUT2D eigenvalue weighted by Gasteiger charge is 2.31. The summed E-state index contributed by atoms with van der Waals surface area (Å²) in [6.07, 6.45) is 0.0921. The molecule has 0 aliphatic heterocycles. The van der Waals surface area contributed by atoms with E-state index < -0.39 is 17.6 Å². The Labute approximate surface area is 146 Å². The zero-order valence-electron chi connectivity index (χ0n) is 13.3.